The van der Waals surface area contributed by atoms with Gasteiger partial charge in [-0.25, -0.2) is 9.18 Å². The quantitative estimate of drug-likeness (QED) is 0.556. The molecule has 2 rings (SSSR count). The van der Waals surface area contributed by atoms with E-state index in [-0.39, 0.29) is 11.1 Å². The fraction of sp³-hybridized carbons (Fsp3) is 0.105. The molecule has 0 aliphatic heterocycles. The van der Waals surface area contributed by atoms with Gasteiger partial charge in [0.05, 0.1) is 12.7 Å². The van der Waals surface area contributed by atoms with Gasteiger partial charge in [0.25, 0.3) is 11.8 Å². The van der Waals surface area contributed by atoms with Gasteiger partial charge in [-0.05, 0) is 36.4 Å². The summed E-state index contributed by atoms with van der Waals surface area (Å²) in [4.78, 5) is 35.5. The van der Waals surface area contributed by atoms with Crippen molar-refractivity contribution in [2.75, 3.05) is 13.7 Å². The largest absolute Gasteiger partial charge is 0.496 e. The Kier molecular flexibility index (Phi) is 7.25. The lowest BCUT2D eigenvalue weighted by Crippen LogP contribution is -2.34. The Hall–Kier alpha value is -3.00. The van der Waals surface area contributed by atoms with Gasteiger partial charge in [-0.3, -0.25) is 14.9 Å². The van der Waals surface area contributed by atoms with E-state index < -0.39 is 30.2 Å². The summed E-state index contributed by atoms with van der Waals surface area (Å²) in [5.74, 6) is -2.54. The summed E-state index contributed by atoms with van der Waals surface area (Å²) in [5, 5.41) is 2.09. The van der Waals surface area contributed by atoms with Crippen molar-refractivity contribution in [3.8, 4) is 5.75 Å². The maximum absolute atomic E-state index is 13.6. The molecule has 2 aromatic carbocycles. The lowest BCUT2D eigenvalue weighted by atomic mass is 10.2. The number of halogens is 2. The van der Waals surface area contributed by atoms with Crippen molar-refractivity contribution in [2.24, 2.45) is 0 Å². The van der Waals surface area contributed by atoms with Gasteiger partial charge < -0.3 is 9.47 Å². The van der Waals surface area contributed by atoms with E-state index >= 15 is 0 Å². The second kappa shape index (κ2) is 9.63. The standard InChI is InChI=1S/C19H15BrFNO5/c1-26-16-5-3-2-4-14(16)19(25)22-17(23)11-27-18(24)9-6-12-10-13(20)7-8-15(12)21/h2-10H,11H2,1H3,(H,22,23,25). The van der Waals surface area contributed by atoms with Crippen molar-refractivity contribution in [3.05, 3.63) is 70.0 Å². The number of para-hydroxylation sites is 1. The minimum Gasteiger partial charge on any atom is -0.496 e. The number of esters is 1. The Bertz CT molecular complexity index is 897. The Morgan fingerprint density at radius 2 is 1.93 bits per heavy atom. The van der Waals surface area contributed by atoms with E-state index in [4.69, 9.17) is 9.47 Å². The first-order valence-corrected chi connectivity index (χ1v) is 8.47. The smallest absolute Gasteiger partial charge is 0.331 e. The fourth-order valence-electron chi connectivity index (χ4n) is 2.05. The van der Waals surface area contributed by atoms with E-state index in [0.29, 0.717) is 10.2 Å². The number of ether oxygens (including phenoxy) is 2. The van der Waals surface area contributed by atoms with E-state index in [1.165, 1.54) is 37.5 Å². The predicted molar refractivity (Wildman–Crippen MR) is 99.6 cm³/mol. The van der Waals surface area contributed by atoms with E-state index in [0.717, 1.165) is 6.08 Å². The van der Waals surface area contributed by atoms with Crippen molar-refractivity contribution in [3.63, 3.8) is 0 Å². The summed E-state index contributed by atoms with van der Waals surface area (Å²) in [5.41, 5.74) is 0.349. The molecule has 2 amide bonds. The Morgan fingerprint density at radius 3 is 2.67 bits per heavy atom. The minimum atomic E-state index is -0.853. The van der Waals surface area contributed by atoms with Crippen LogP contribution in [0, 0.1) is 5.82 Å². The van der Waals surface area contributed by atoms with Crippen molar-refractivity contribution >= 4 is 39.8 Å². The van der Waals surface area contributed by atoms with E-state index in [9.17, 15) is 18.8 Å². The third-order valence-corrected chi connectivity index (χ3v) is 3.80. The molecule has 6 nitrogen and oxygen atoms in total. The molecule has 0 atom stereocenters. The molecule has 0 radical (unpaired) electrons. The molecule has 0 aromatic heterocycles. The Labute approximate surface area is 163 Å². The zero-order valence-electron chi connectivity index (χ0n) is 14.2. The average molecular weight is 436 g/mol. The highest BCUT2D eigenvalue weighted by atomic mass is 79.9. The third-order valence-electron chi connectivity index (χ3n) is 3.31. The lowest BCUT2D eigenvalue weighted by molar-refractivity contribution is -0.143. The first-order valence-electron chi connectivity index (χ1n) is 7.68. The van der Waals surface area contributed by atoms with Crippen LogP contribution in [0.5, 0.6) is 5.75 Å². The van der Waals surface area contributed by atoms with E-state index in [2.05, 4.69) is 21.2 Å². The highest BCUT2D eigenvalue weighted by Crippen LogP contribution is 2.17. The summed E-state index contributed by atoms with van der Waals surface area (Å²) in [6, 6.07) is 10.6. The van der Waals surface area contributed by atoms with Crippen LogP contribution < -0.4 is 10.1 Å². The fourth-order valence-corrected chi connectivity index (χ4v) is 2.43. The molecule has 0 saturated carbocycles. The third kappa shape index (κ3) is 6.03. The number of amides is 2. The molecule has 0 spiro atoms. The molecule has 0 bridgehead atoms. The number of hydrogen-bond donors (Lipinski definition) is 1. The molecule has 0 aliphatic carbocycles. The van der Waals surface area contributed by atoms with Crippen LogP contribution in [0.1, 0.15) is 15.9 Å². The number of nitrogens with one attached hydrogen (secondary N) is 1. The van der Waals surface area contributed by atoms with Crippen LogP contribution >= 0.6 is 15.9 Å². The minimum absolute atomic E-state index is 0.171. The molecule has 0 heterocycles. The van der Waals surface area contributed by atoms with Crippen molar-refractivity contribution in [1.29, 1.82) is 0 Å². The second-order valence-corrected chi connectivity index (χ2v) is 6.10. The molecule has 0 fully saturated rings. The van der Waals surface area contributed by atoms with Gasteiger partial charge in [-0.15, -0.1) is 0 Å². The van der Waals surface area contributed by atoms with E-state index in [1.54, 1.807) is 18.2 Å². The number of benzene rings is 2. The summed E-state index contributed by atoms with van der Waals surface area (Å²) in [6.45, 7) is -0.662. The molecule has 2 aromatic rings. The van der Waals surface area contributed by atoms with Gasteiger partial charge in [0, 0.05) is 16.1 Å². The highest BCUT2D eigenvalue weighted by Gasteiger charge is 2.15. The zero-order chi connectivity index (χ0) is 19.8. The Balaban J connectivity index is 1.87. The molecule has 140 valence electrons. The van der Waals surface area contributed by atoms with Gasteiger partial charge in [0.2, 0.25) is 0 Å². The number of carbonyl (C=O) groups is 3. The van der Waals surface area contributed by atoms with Gasteiger partial charge in [-0.2, -0.15) is 0 Å². The van der Waals surface area contributed by atoms with Crippen LogP contribution in [0.15, 0.2) is 53.0 Å². The molecule has 0 aliphatic rings. The number of hydrogen-bond acceptors (Lipinski definition) is 5. The first-order chi connectivity index (χ1) is 12.9. The molecule has 0 saturated heterocycles. The zero-order valence-corrected chi connectivity index (χ0v) is 15.8. The topological polar surface area (TPSA) is 81.7 Å². The Morgan fingerprint density at radius 1 is 1.19 bits per heavy atom. The SMILES string of the molecule is COc1ccccc1C(=O)NC(=O)COC(=O)C=Cc1cc(Br)ccc1F. The molecular weight excluding hydrogens is 421 g/mol. The molecule has 27 heavy (non-hydrogen) atoms. The lowest BCUT2D eigenvalue weighted by Gasteiger charge is -2.08. The monoisotopic (exact) mass is 435 g/mol. The van der Waals surface area contributed by atoms with Crippen molar-refractivity contribution < 1.29 is 28.2 Å². The van der Waals surface area contributed by atoms with Crippen LogP contribution in [0.2, 0.25) is 0 Å². The summed E-state index contributed by atoms with van der Waals surface area (Å²) >= 11 is 3.19. The van der Waals surface area contributed by atoms with Gasteiger partial charge in [0.1, 0.15) is 11.6 Å². The van der Waals surface area contributed by atoms with Crippen LogP contribution in [0.3, 0.4) is 0 Å². The summed E-state index contributed by atoms with van der Waals surface area (Å²) < 4.78 is 24.0. The number of methoxy groups -OCH3 is 1. The number of carbonyl (C=O) groups excluding carboxylic acids is 3. The molecule has 1 N–H and O–H groups in total. The second-order valence-electron chi connectivity index (χ2n) is 5.18. The maximum Gasteiger partial charge on any atom is 0.331 e. The molecule has 8 heteroatoms. The average Bonchev–Trinajstić information content (AvgIpc) is 2.66. The number of imide groups is 1. The van der Waals surface area contributed by atoms with Crippen LogP contribution in [-0.2, 0) is 14.3 Å². The van der Waals surface area contributed by atoms with E-state index in [1.807, 2.05) is 0 Å². The summed E-state index contributed by atoms with van der Waals surface area (Å²) in [7, 11) is 1.40. The molecule has 0 unspecified atom stereocenters. The van der Waals surface area contributed by atoms with Crippen molar-refractivity contribution in [1.82, 2.24) is 5.32 Å². The van der Waals surface area contributed by atoms with Crippen LogP contribution in [-0.4, -0.2) is 31.5 Å². The van der Waals surface area contributed by atoms with Gasteiger partial charge in [0.15, 0.2) is 6.61 Å². The first kappa shape index (κ1) is 20.3. The normalized spacial score (nSPS) is 10.5. The predicted octanol–water partition coefficient (Wildman–Crippen LogP) is 3.11. The van der Waals surface area contributed by atoms with Crippen LogP contribution in [0.25, 0.3) is 6.08 Å². The maximum atomic E-state index is 13.6. The molecular formula is C19H15BrFNO5. The van der Waals surface area contributed by atoms with Crippen molar-refractivity contribution in [2.45, 2.75) is 0 Å². The summed E-state index contributed by atoms with van der Waals surface area (Å²) in [6.07, 6.45) is 2.21. The van der Waals surface area contributed by atoms with Gasteiger partial charge in [-0.1, -0.05) is 28.1 Å². The highest BCUT2D eigenvalue weighted by molar-refractivity contribution is 9.10. The van der Waals surface area contributed by atoms with Crippen LogP contribution in [0.4, 0.5) is 4.39 Å². The number of rotatable bonds is 6. The van der Waals surface area contributed by atoms with Gasteiger partial charge >= 0.3 is 5.97 Å².